The largest absolute Gasteiger partial charge is 0.486 e. The second-order valence-electron chi connectivity index (χ2n) is 7.32. The lowest BCUT2D eigenvalue weighted by Gasteiger charge is -2.44. The van der Waals surface area contributed by atoms with Crippen molar-refractivity contribution in [2.75, 3.05) is 31.6 Å². The van der Waals surface area contributed by atoms with Crippen LogP contribution in [0.1, 0.15) is 23.2 Å². The molecule has 0 bridgehead atoms. The van der Waals surface area contributed by atoms with Crippen LogP contribution in [0.2, 0.25) is 0 Å². The lowest BCUT2D eigenvalue weighted by atomic mass is 9.97. The highest BCUT2D eigenvalue weighted by atomic mass is 16.6. The SMILES string of the molecule is O=C1NC2(CCN(C(=O)Nc3ccc4c(c3)OCCO4)CC2)Oc2ccccc21. The van der Waals surface area contributed by atoms with Crippen molar-refractivity contribution in [1.82, 2.24) is 10.2 Å². The van der Waals surface area contributed by atoms with Crippen LogP contribution in [0, 0.1) is 0 Å². The molecule has 2 aromatic rings. The maximum absolute atomic E-state index is 12.7. The second kappa shape index (κ2) is 6.88. The summed E-state index contributed by atoms with van der Waals surface area (Å²) in [6.45, 7) is 1.96. The quantitative estimate of drug-likeness (QED) is 0.775. The minimum atomic E-state index is -0.765. The van der Waals surface area contributed by atoms with Crippen molar-refractivity contribution in [2.24, 2.45) is 0 Å². The van der Waals surface area contributed by atoms with E-state index in [0.717, 1.165) is 0 Å². The van der Waals surface area contributed by atoms with Crippen LogP contribution < -0.4 is 24.8 Å². The summed E-state index contributed by atoms with van der Waals surface area (Å²) in [7, 11) is 0. The van der Waals surface area contributed by atoms with Gasteiger partial charge in [0.05, 0.1) is 5.56 Å². The fourth-order valence-corrected chi connectivity index (χ4v) is 3.88. The van der Waals surface area contributed by atoms with Crippen molar-refractivity contribution in [3.05, 3.63) is 48.0 Å². The highest BCUT2D eigenvalue weighted by molar-refractivity contribution is 5.98. The van der Waals surface area contributed by atoms with Crippen molar-refractivity contribution >= 4 is 17.6 Å². The van der Waals surface area contributed by atoms with Gasteiger partial charge in [0.25, 0.3) is 5.91 Å². The molecule has 8 heteroatoms. The molecule has 3 amide bonds. The van der Waals surface area contributed by atoms with Gasteiger partial charge in [-0.2, -0.15) is 0 Å². The molecule has 2 N–H and O–H groups in total. The Bertz CT molecular complexity index is 969. The molecule has 5 rings (SSSR count). The molecule has 0 saturated carbocycles. The molecule has 0 aromatic heterocycles. The highest BCUT2D eigenvalue weighted by Gasteiger charge is 2.43. The van der Waals surface area contributed by atoms with Gasteiger partial charge in [0.1, 0.15) is 19.0 Å². The lowest BCUT2D eigenvalue weighted by Crippen LogP contribution is -2.61. The van der Waals surface area contributed by atoms with Gasteiger partial charge < -0.3 is 29.7 Å². The molecular formula is C21H21N3O5. The molecule has 150 valence electrons. The van der Waals surface area contributed by atoms with E-state index in [1.807, 2.05) is 12.1 Å². The summed E-state index contributed by atoms with van der Waals surface area (Å²) in [5, 5.41) is 5.88. The number of anilines is 1. The fourth-order valence-electron chi connectivity index (χ4n) is 3.88. The number of hydrogen-bond donors (Lipinski definition) is 2. The van der Waals surface area contributed by atoms with Crippen LogP contribution in [0.15, 0.2) is 42.5 Å². The van der Waals surface area contributed by atoms with Crippen LogP contribution >= 0.6 is 0 Å². The van der Waals surface area contributed by atoms with Crippen molar-refractivity contribution in [1.29, 1.82) is 0 Å². The Morgan fingerprint density at radius 2 is 1.76 bits per heavy atom. The molecule has 1 fully saturated rings. The van der Waals surface area contributed by atoms with Gasteiger partial charge in [-0.1, -0.05) is 12.1 Å². The number of piperidine rings is 1. The monoisotopic (exact) mass is 395 g/mol. The Balaban J connectivity index is 1.23. The zero-order chi connectivity index (χ0) is 19.8. The van der Waals surface area contributed by atoms with Crippen molar-refractivity contribution < 1.29 is 23.8 Å². The number of benzene rings is 2. The Hall–Kier alpha value is -3.42. The fraction of sp³-hybridized carbons (Fsp3) is 0.333. The molecule has 3 heterocycles. The number of urea groups is 1. The molecule has 0 radical (unpaired) electrons. The van der Waals surface area contributed by atoms with Crippen LogP contribution in [-0.4, -0.2) is 48.9 Å². The number of amides is 3. The molecule has 1 saturated heterocycles. The number of carbonyl (C=O) groups is 2. The summed E-state index contributed by atoms with van der Waals surface area (Å²) >= 11 is 0. The van der Waals surface area contributed by atoms with Crippen LogP contribution in [0.25, 0.3) is 0 Å². The van der Waals surface area contributed by atoms with Gasteiger partial charge in [0.2, 0.25) is 0 Å². The smallest absolute Gasteiger partial charge is 0.321 e. The molecule has 29 heavy (non-hydrogen) atoms. The number of rotatable bonds is 1. The Morgan fingerprint density at radius 3 is 2.59 bits per heavy atom. The number of carbonyl (C=O) groups excluding carboxylic acids is 2. The average Bonchev–Trinajstić information content (AvgIpc) is 2.74. The van der Waals surface area contributed by atoms with E-state index in [2.05, 4.69) is 10.6 Å². The van der Waals surface area contributed by atoms with Gasteiger partial charge in [0, 0.05) is 37.7 Å². The molecule has 1 spiro atoms. The third-order valence-corrected chi connectivity index (χ3v) is 5.43. The predicted molar refractivity (Wildman–Crippen MR) is 105 cm³/mol. The average molecular weight is 395 g/mol. The summed E-state index contributed by atoms with van der Waals surface area (Å²) < 4.78 is 17.2. The molecular weight excluding hydrogens is 374 g/mol. The van der Waals surface area contributed by atoms with E-state index in [0.29, 0.717) is 67.6 Å². The van der Waals surface area contributed by atoms with Gasteiger partial charge >= 0.3 is 6.03 Å². The normalized spacial score (nSPS) is 19.0. The maximum atomic E-state index is 12.7. The third-order valence-electron chi connectivity index (χ3n) is 5.43. The van der Waals surface area contributed by atoms with Crippen LogP contribution in [0.3, 0.4) is 0 Å². The van der Waals surface area contributed by atoms with E-state index in [1.165, 1.54) is 0 Å². The van der Waals surface area contributed by atoms with E-state index in [-0.39, 0.29) is 11.9 Å². The van der Waals surface area contributed by atoms with E-state index in [4.69, 9.17) is 14.2 Å². The van der Waals surface area contributed by atoms with Crippen LogP contribution in [0.5, 0.6) is 17.2 Å². The molecule has 3 aliphatic rings. The number of para-hydroxylation sites is 1. The summed E-state index contributed by atoms with van der Waals surface area (Å²) in [6, 6.07) is 12.4. The number of nitrogens with zero attached hydrogens (tertiary/aromatic N) is 1. The van der Waals surface area contributed by atoms with Crippen LogP contribution in [-0.2, 0) is 0 Å². The summed E-state index contributed by atoms with van der Waals surface area (Å²) in [4.78, 5) is 26.8. The lowest BCUT2D eigenvalue weighted by molar-refractivity contribution is -0.0203. The topological polar surface area (TPSA) is 89.1 Å². The highest BCUT2D eigenvalue weighted by Crippen LogP contribution is 2.34. The van der Waals surface area contributed by atoms with E-state index < -0.39 is 5.72 Å². The molecule has 3 aliphatic heterocycles. The zero-order valence-electron chi connectivity index (χ0n) is 15.8. The Labute approximate surface area is 167 Å². The molecule has 2 aromatic carbocycles. The van der Waals surface area contributed by atoms with Gasteiger partial charge in [-0.3, -0.25) is 4.79 Å². The molecule has 0 aliphatic carbocycles. The van der Waals surface area contributed by atoms with Gasteiger partial charge in [-0.25, -0.2) is 4.79 Å². The Kier molecular flexibility index (Phi) is 4.19. The minimum Gasteiger partial charge on any atom is -0.486 e. The first-order valence-corrected chi connectivity index (χ1v) is 9.68. The number of hydrogen-bond acceptors (Lipinski definition) is 5. The third kappa shape index (κ3) is 3.30. The molecule has 0 atom stereocenters. The van der Waals surface area contributed by atoms with E-state index >= 15 is 0 Å². The molecule has 8 nitrogen and oxygen atoms in total. The summed E-state index contributed by atoms with van der Waals surface area (Å²) in [6.07, 6.45) is 1.03. The first kappa shape index (κ1) is 17.7. The maximum Gasteiger partial charge on any atom is 0.321 e. The number of ether oxygens (including phenoxy) is 3. The van der Waals surface area contributed by atoms with Gasteiger partial charge in [-0.15, -0.1) is 0 Å². The van der Waals surface area contributed by atoms with Crippen molar-refractivity contribution in [2.45, 2.75) is 18.6 Å². The summed E-state index contributed by atoms with van der Waals surface area (Å²) in [5.41, 5.74) is 0.423. The summed E-state index contributed by atoms with van der Waals surface area (Å²) in [5.74, 6) is 1.76. The van der Waals surface area contributed by atoms with E-state index in [9.17, 15) is 9.59 Å². The standard InChI is InChI=1S/C21H21N3O5/c25-19-15-3-1-2-4-16(15)29-21(23-19)7-9-24(10-8-21)20(26)22-14-5-6-17-18(13-14)28-12-11-27-17/h1-6,13H,7-12H2,(H,22,26)(H,23,25). The minimum absolute atomic E-state index is 0.138. The first-order chi connectivity index (χ1) is 14.1. The van der Waals surface area contributed by atoms with E-state index in [1.54, 1.807) is 35.2 Å². The van der Waals surface area contributed by atoms with Crippen molar-refractivity contribution in [3.8, 4) is 17.2 Å². The first-order valence-electron chi connectivity index (χ1n) is 9.68. The van der Waals surface area contributed by atoms with Gasteiger partial charge in [0.15, 0.2) is 17.2 Å². The number of nitrogens with one attached hydrogen (secondary N) is 2. The predicted octanol–water partition coefficient (Wildman–Crippen LogP) is 2.60. The number of fused-ring (bicyclic) bond motifs is 2. The molecule has 0 unspecified atom stereocenters. The van der Waals surface area contributed by atoms with Crippen molar-refractivity contribution in [3.63, 3.8) is 0 Å². The second-order valence-corrected chi connectivity index (χ2v) is 7.32. The Morgan fingerprint density at radius 1 is 1.00 bits per heavy atom. The number of likely N-dealkylation sites (tertiary alicyclic amines) is 1. The van der Waals surface area contributed by atoms with Gasteiger partial charge in [-0.05, 0) is 24.3 Å². The zero-order valence-corrected chi connectivity index (χ0v) is 15.8. The van der Waals surface area contributed by atoms with Crippen LogP contribution in [0.4, 0.5) is 10.5 Å².